The number of amides is 1. The number of para-hydroxylation sites is 1. The smallest absolute Gasteiger partial charge is 0.290 e. The van der Waals surface area contributed by atoms with Gasteiger partial charge in [0, 0.05) is 6.54 Å². The minimum atomic E-state index is -0.531. The SMILES string of the molecule is CCCOc1ccc([C@@H]2c3c(oc4ccccc4c3=O)C(=O)N2CCc2ccc(OC)cc2)cc1. The first kappa shape index (κ1) is 22.7. The van der Waals surface area contributed by atoms with Gasteiger partial charge in [0.1, 0.15) is 17.1 Å². The number of carbonyl (C=O) groups excluding carboxylic acids is 1. The maximum atomic E-state index is 13.6. The van der Waals surface area contributed by atoms with Gasteiger partial charge < -0.3 is 18.8 Å². The number of carbonyl (C=O) groups is 1. The van der Waals surface area contributed by atoms with Gasteiger partial charge in [0.15, 0.2) is 5.43 Å². The Bertz CT molecular complexity index is 1410. The van der Waals surface area contributed by atoms with Gasteiger partial charge in [-0.25, -0.2) is 0 Å². The van der Waals surface area contributed by atoms with Crippen molar-refractivity contribution < 1.29 is 18.7 Å². The Balaban J connectivity index is 1.54. The van der Waals surface area contributed by atoms with E-state index in [0.29, 0.717) is 36.1 Å². The quantitative estimate of drug-likeness (QED) is 0.347. The molecule has 3 aromatic carbocycles. The van der Waals surface area contributed by atoms with Crippen molar-refractivity contribution in [2.24, 2.45) is 0 Å². The molecule has 0 saturated carbocycles. The summed E-state index contributed by atoms with van der Waals surface area (Å²) < 4.78 is 17.0. The van der Waals surface area contributed by atoms with Crippen LogP contribution in [0.15, 0.2) is 82.0 Å². The average Bonchev–Trinajstić information content (AvgIpc) is 3.18. The van der Waals surface area contributed by atoms with Gasteiger partial charge in [0.2, 0.25) is 5.76 Å². The third-order valence-corrected chi connectivity index (χ3v) is 6.34. The van der Waals surface area contributed by atoms with Crippen molar-refractivity contribution in [1.29, 1.82) is 0 Å². The summed E-state index contributed by atoms with van der Waals surface area (Å²) in [7, 11) is 1.63. The third kappa shape index (κ3) is 4.28. The van der Waals surface area contributed by atoms with E-state index in [0.717, 1.165) is 29.0 Å². The summed E-state index contributed by atoms with van der Waals surface area (Å²) in [6, 6.07) is 21.9. The van der Waals surface area contributed by atoms with Gasteiger partial charge in [-0.1, -0.05) is 43.3 Å². The van der Waals surface area contributed by atoms with Gasteiger partial charge in [-0.2, -0.15) is 0 Å². The number of rotatable bonds is 8. The monoisotopic (exact) mass is 469 g/mol. The highest BCUT2D eigenvalue weighted by Gasteiger charge is 2.42. The third-order valence-electron chi connectivity index (χ3n) is 6.34. The van der Waals surface area contributed by atoms with Crippen LogP contribution in [0.4, 0.5) is 0 Å². The molecule has 0 radical (unpaired) electrons. The zero-order valence-corrected chi connectivity index (χ0v) is 19.8. The standard InChI is InChI=1S/C29H27NO5/c1-3-18-34-22-14-10-20(11-15-22)26-25-27(31)23-6-4-5-7-24(23)35-28(25)29(32)30(26)17-16-19-8-12-21(33-2)13-9-19/h4-15,26H,3,16-18H2,1-2H3/t26-/m1/s1. The van der Waals surface area contributed by atoms with Crippen molar-refractivity contribution in [2.45, 2.75) is 25.8 Å². The van der Waals surface area contributed by atoms with E-state index >= 15 is 0 Å². The number of hydrogen-bond donors (Lipinski definition) is 0. The normalized spacial score (nSPS) is 14.9. The van der Waals surface area contributed by atoms with E-state index in [2.05, 4.69) is 6.92 Å². The molecular weight excluding hydrogens is 442 g/mol. The predicted molar refractivity (Wildman–Crippen MR) is 134 cm³/mol. The lowest BCUT2D eigenvalue weighted by molar-refractivity contribution is 0.0730. The Morgan fingerprint density at radius 2 is 1.63 bits per heavy atom. The largest absolute Gasteiger partial charge is 0.497 e. The first-order chi connectivity index (χ1) is 17.1. The lowest BCUT2D eigenvalue weighted by atomic mass is 9.98. The lowest BCUT2D eigenvalue weighted by Crippen LogP contribution is -2.31. The second-order valence-corrected chi connectivity index (χ2v) is 8.59. The number of fused-ring (bicyclic) bond motifs is 2. The lowest BCUT2D eigenvalue weighted by Gasteiger charge is -2.25. The fraction of sp³-hybridized carbons (Fsp3) is 0.241. The molecule has 0 N–H and O–H groups in total. The van der Waals surface area contributed by atoms with E-state index in [-0.39, 0.29) is 17.1 Å². The van der Waals surface area contributed by atoms with Gasteiger partial charge in [-0.15, -0.1) is 0 Å². The van der Waals surface area contributed by atoms with Crippen LogP contribution in [-0.2, 0) is 6.42 Å². The van der Waals surface area contributed by atoms with E-state index in [1.54, 1.807) is 36.3 Å². The molecule has 0 fully saturated rings. The van der Waals surface area contributed by atoms with E-state index in [4.69, 9.17) is 13.9 Å². The zero-order valence-electron chi connectivity index (χ0n) is 19.8. The van der Waals surface area contributed by atoms with E-state index in [1.807, 2.05) is 48.5 Å². The molecule has 178 valence electrons. The summed E-state index contributed by atoms with van der Waals surface area (Å²) in [5.74, 6) is 1.39. The number of ether oxygens (including phenoxy) is 2. The second-order valence-electron chi connectivity index (χ2n) is 8.59. The maximum Gasteiger partial charge on any atom is 0.290 e. The Hall–Kier alpha value is -4.06. The van der Waals surface area contributed by atoms with Crippen molar-refractivity contribution in [2.75, 3.05) is 20.3 Å². The Morgan fingerprint density at radius 1 is 0.914 bits per heavy atom. The van der Waals surface area contributed by atoms with Crippen LogP contribution < -0.4 is 14.9 Å². The van der Waals surface area contributed by atoms with Crippen molar-refractivity contribution in [3.63, 3.8) is 0 Å². The first-order valence-electron chi connectivity index (χ1n) is 11.8. The number of methoxy groups -OCH3 is 1. The molecule has 5 rings (SSSR count). The molecule has 6 nitrogen and oxygen atoms in total. The Morgan fingerprint density at radius 3 is 2.34 bits per heavy atom. The Labute approximate surface area is 203 Å². The molecule has 1 atom stereocenters. The fourth-order valence-corrected chi connectivity index (χ4v) is 4.55. The summed E-state index contributed by atoms with van der Waals surface area (Å²) in [4.78, 5) is 28.9. The van der Waals surface area contributed by atoms with Crippen molar-refractivity contribution in [1.82, 2.24) is 4.90 Å². The van der Waals surface area contributed by atoms with Gasteiger partial charge in [-0.05, 0) is 60.4 Å². The van der Waals surface area contributed by atoms with Crippen molar-refractivity contribution >= 4 is 16.9 Å². The molecule has 0 saturated heterocycles. The van der Waals surface area contributed by atoms with Gasteiger partial charge in [0.05, 0.1) is 30.7 Å². The maximum absolute atomic E-state index is 13.6. The predicted octanol–water partition coefficient (Wildman–Crippen LogP) is 5.38. The number of nitrogens with zero attached hydrogens (tertiary/aromatic N) is 1. The molecule has 1 aromatic heterocycles. The Kier molecular flexibility index (Phi) is 6.27. The number of benzene rings is 3. The van der Waals surface area contributed by atoms with Crippen LogP contribution in [-0.4, -0.2) is 31.1 Å². The second kappa shape index (κ2) is 9.66. The minimum Gasteiger partial charge on any atom is -0.497 e. The molecular formula is C29H27NO5. The molecule has 6 heteroatoms. The first-order valence-corrected chi connectivity index (χ1v) is 11.8. The molecule has 1 aliphatic heterocycles. The van der Waals surface area contributed by atoms with Gasteiger partial charge in [-0.3, -0.25) is 9.59 Å². The molecule has 1 amide bonds. The van der Waals surface area contributed by atoms with E-state index < -0.39 is 6.04 Å². The highest BCUT2D eigenvalue weighted by atomic mass is 16.5. The zero-order chi connectivity index (χ0) is 24.4. The highest BCUT2D eigenvalue weighted by molar-refractivity contribution is 5.99. The molecule has 2 heterocycles. The summed E-state index contributed by atoms with van der Waals surface area (Å²) in [5.41, 5.74) is 2.56. The van der Waals surface area contributed by atoms with Gasteiger partial charge in [0.25, 0.3) is 5.91 Å². The molecule has 0 spiro atoms. The van der Waals surface area contributed by atoms with Gasteiger partial charge >= 0.3 is 0 Å². The van der Waals surface area contributed by atoms with E-state index in [1.165, 1.54) is 0 Å². The highest BCUT2D eigenvalue weighted by Crippen LogP contribution is 2.38. The van der Waals surface area contributed by atoms with Crippen LogP contribution in [0.5, 0.6) is 11.5 Å². The molecule has 0 unspecified atom stereocenters. The molecule has 35 heavy (non-hydrogen) atoms. The van der Waals surface area contributed by atoms with Crippen molar-refractivity contribution in [3.8, 4) is 11.5 Å². The van der Waals surface area contributed by atoms with Crippen LogP contribution in [0, 0.1) is 0 Å². The molecule has 4 aromatic rings. The number of hydrogen-bond acceptors (Lipinski definition) is 5. The topological polar surface area (TPSA) is 69.0 Å². The van der Waals surface area contributed by atoms with Crippen LogP contribution in [0.2, 0.25) is 0 Å². The summed E-state index contributed by atoms with van der Waals surface area (Å²) in [6.07, 6.45) is 1.55. The van der Waals surface area contributed by atoms with Crippen LogP contribution >= 0.6 is 0 Å². The molecule has 0 aliphatic carbocycles. The summed E-state index contributed by atoms with van der Waals surface area (Å²) in [6.45, 7) is 3.12. The van der Waals surface area contributed by atoms with E-state index in [9.17, 15) is 9.59 Å². The molecule has 1 aliphatic rings. The average molecular weight is 470 g/mol. The summed E-state index contributed by atoms with van der Waals surface area (Å²) >= 11 is 0. The van der Waals surface area contributed by atoms with Crippen molar-refractivity contribution in [3.05, 3.63) is 105 Å². The van der Waals surface area contributed by atoms with Crippen LogP contribution in [0.25, 0.3) is 11.0 Å². The minimum absolute atomic E-state index is 0.125. The van der Waals surface area contributed by atoms with Crippen LogP contribution in [0.1, 0.15) is 46.6 Å². The fourth-order valence-electron chi connectivity index (χ4n) is 4.55. The summed E-state index contributed by atoms with van der Waals surface area (Å²) in [5, 5.41) is 0.476. The molecule has 0 bridgehead atoms. The van der Waals surface area contributed by atoms with Crippen LogP contribution in [0.3, 0.4) is 0 Å².